The van der Waals surface area contributed by atoms with Crippen molar-refractivity contribution in [3.05, 3.63) is 69.7 Å². The van der Waals surface area contributed by atoms with E-state index in [0.29, 0.717) is 20.7 Å². The number of hydrogen-bond donors (Lipinski definition) is 0. The first-order valence-electron chi connectivity index (χ1n) is 10.6. The molecule has 4 amide bonds. The summed E-state index contributed by atoms with van der Waals surface area (Å²) in [5.41, 5.74) is -1.58. The van der Waals surface area contributed by atoms with Crippen molar-refractivity contribution in [3.63, 3.8) is 0 Å². The lowest BCUT2D eigenvalue weighted by Gasteiger charge is -2.46. The second-order valence-electron chi connectivity index (χ2n) is 8.65. The number of benzene rings is 2. The molecule has 1 saturated heterocycles. The van der Waals surface area contributed by atoms with Crippen molar-refractivity contribution >= 4 is 66.9 Å². The fraction of sp³-hybridized carbons (Fsp3) is 0.273. The zero-order chi connectivity index (χ0) is 26.6. The summed E-state index contributed by atoms with van der Waals surface area (Å²) >= 11 is 5.72. The lowest BCUT2D eigenvalue weighted by atomic mass is 9.61. The van der Waals surface area contributed by atoms with Crippen molar-refractivity contribution in [2.24, 2.45) is 0 Å². The van der Waals surface area contributed by atoms with E-state index in [4.69, 9.17) is 43.3 Å². The first kappa shape index (κ1) is 26.0. The third kappa shape index (κ3) is 4.23. The average Bonchev–Trinajstić information content (AvgIpc) is 3.17. The first-order chi connectivity index (χ1) is 16.8. The summed E-state index contributed by atoms with van der Waals surface area (Å²) in [4.78, 5) is 51.7. The fourth-order valence-electron chi connectivity index (χ4n) is 4.25. The molecule has 0 bridgehead atoms. The molecule has 0 spiro atoms. The van der Waals surface area contributed by atoms with E-state index in [1.807, 2.05) is 0 Å². The van der Waals surface area contributed by atoms with Crippen LogP contribution in [0, 0.1) is 0 Å². The van der Waals surface area contributed by atoms with Crippen LogP contribution in [-0.2, 0) is 33.4 Å². The van der Waals surface area contributed by atoms with Crippen LogP contribution in [0.25, 0.3) is 0 Å². The van der Waals surface area contributed by atoms with Gasteiger partial charge in [0.05, 0.1) is 13.3 Å². The van der Waals surface area contributed by atoms with E-state index in [1.54, 1.807) is 0 Å². The summed E-state index contributed by atoms with van der Waals surface area (Å²) in [7, 11) is 23.2. The maximum atomic E-state index is 14.7. The molecule has 1 unspecified atom stereocenters. The number of fused-ring (bicyclic) bond motifs is 1. The average molecular weight is 501 g/mol. The number of piperidine rings is 1. The highest BCUT2D eigenvalue weighted by Gasteiger charge is 2.51. The van der Waals surface area contributed by atoms with Crippen molar-refractivity contribution in [2.75, 3.05) is 0 Å². The maximum Gasteiger partial charge on any atom is 0.348 e. The maximum absolute atomic E-state index is 14.7. The molecule has 4 rings (SSSR count). The SMILES string of the molecule is [B]C1C[C@@]([B])(N2Cc3cc(CN([B])C(=O)C(F)(F)c4ccc(Cl)cc4)ccc3C2=O)C(=O)N([B])C1=O. The molecular formula is C22H14B4ClF2N3O4. The van der Waals surface area contributed by atoms with Crippen LogP contribution in [0.3, 0.4) is 0 Å². The van der Waals surface area contributed by atoms with Gasteiger partial charge in [-0.3, -0.25) is 19.2 Å². The lowest BCUT2D eigenvalue weighted by Crippen LogP contribution is -2.65. The molecule has 0 aromatic heterocycles. The van der Waals surface area contributed by atoms with Gasteiger partial charge in [-0.25, -0.2) is 0 Å². The predicted molar refractivity (Wildman–Crippen MR) is 128 cm³/mol. The molecule has 2 aromatic carbocycles. The number of amides is 4. The summed E-state index contributed by atoms with van der Waals surface area (Å²) in [5, 5.41) is 0.232. The van der Waals surface area contributed by atoms with Crippen molar-refractivity contribution in [1.29, 1.82) is 0 Å². The molecule has 2 aliphatic heterocycles. The number of carbonyl (C=O) groups is 4. The molecule has 1 fully saturated rings. The highest BCUT2D eigenvalue weighted by Crippen LogP contribution is 2.37. The number of alkyl halides is 2. The highest BCUT2D eigenvalue weighted by atomic mass is 35.5. The standard InChI is InChI=1S/C22H14B4ClF2N3O4/c23-16-8-21(24,19(35)32(26)18(16)34)30-10-12-7-11(1-6-15(12)17(30)33)9-31(25)20(36)22(28,29)13-2-4-14(27)5-3-13/h1-7,16H,8-10H2/t16?,21-/m1/s1. The van der Waals surface area contributed by atoms with E-state index >= 15 is 0 Å². The Morgan fingerprint density at radius 1 is 1.17 bits per heavy atom. The number of carbonyl (C=O) groups excluding carboxylic acids is 4. The Kier molecular flexibility index (Phi) is 6.58. The largest absolute Gasteiger partial charge is 0.387 e. The smallest absolute Gasteiger partial charge is 0.348 e. The normalized spacial score (nSPS) is 22.1. The minimum atomic E-state index is -3.90. The lowest BCUT2D eigenvalue weighted by molar-refractivity contribution is -0.154. The van der Waals surface area contributed by atoms with Crippen LogP contribution in [-0.4, -0.2) is 75.2 Å². The van der Waals surface area contributed by atoms with Crippen molar-refractivity contribution < 1.29 is 28.0 Å². The van der Waals surface area contributed by atoms with Crippen LogP contribution in [0.15, 0.2) is 42.5 Å². The molecule has 7 nitrogen and oxygen atoms in total. The molecule has 2 aliphatic rings. The van der Waals surface area contributed by atoms with Gasteiger partial charge in [-0.1, -0.05) is 35.9 Å². The summed E-state index contributed by atoms with van der Waals surface area (Å²) < 4.78 is 29.3. The van der Waals surface area contributed by atoms with E-state index in [1.165, 1.54) is 30.3 Å². The Labute approximate surface area is 215 Å². The van der Waals surface area contributed by atoms with Gasteiger partial charge in [0, 0.05) is 35.1 Å². The molecule has 0 N–H and O–H groups in total. The van der Waals surface area contributed by atoms with Crippen LogP contribution in [0.1, 0.15) is 33.5 Å². The van der Waals surface area contributed by atoms with Crippen molar-refractivity contribution in [3.8, 4) is 0 Å². The van der Waals surface area contributed by atoms with Gasteiger partial charge in [0.15, 0.2) is 0 Å². The molecule has 2 atom stereocenters. The molecule has 174 valence electrons. The molecule has 14 heteroatoms. The Morgan fingerprint density at radius 3 is 2.44 bits per heavy atom. The van der Waals surface area contributed by atoms with Gasteiger partial charge in [0.25, 0.3) is 11.8 Å². The number of hydrogen-bond acceptors (Lipinski definition) is 4. The van der Waals surface area contributed by atoms with Crippen LogP contribution in [0.4, 0.5) is 8.78 Å². The Morgan fingerprint density at radius 2 is 1.81 bits per heavy atom. The summed E-state index contributed by atoms with van der Waals surface area (Å²) in [6, 6.07) is 8.85. The number of nitrogens with zero attached hydrogens (tertiary/aromatic N) is 3. The highest BCUT2D eigenvalue weighted by molar-refractivity contribution is 6.42. The molecule has 8 radical (unpaired) electrons. The van der Waals surface area contributed by atoms with Gasteiger partial charge >= 0.3 is 5.92 Å². The second kappa shape index (κ2) is 9.10. The van der Waals surface area contributed by atoms with Crippen LogP contribution in [0.5, 0.6) is 0 Å². The van der Waals surface area contributed by atoms with Gasteiger partial charge in [-0.2, -0.15) is 8.78 Å². The summed E-state index contributed by atoms with van der Waals surface area (Å²) in [5.74, 6) is -9.14. The third-order valence-corrected chi connectivity index (χ3v) is 6.47. The minimum Gasteiger partial charge on any atom is -0.387 e. The van der Waals surface area contributed by atoms with E-state index in [9.17, 15) is 28.0 Å². The number of halogens is 3. The predicted octanol–water partition coefficient (Wildman–Crippen LogP) is 1.16. The monoisotopic (exact) mass is 501 g/mol. The second-order valence-corrected chi connectivity index (χ2v) is 9.08. The van der Waals surface area contributed by atoms with E-state index in [2.05, 4.69) is 0 Å². The fourth-order valence-corrected chi connectivity index (χ4v) is 4.38. The van der Waals surface area contributed by atoms with Gasteiger partial charge in [0.2, 0.25) is 27.8 Å². The van der Waals surface area contributed by atoms with Crippen LogP contribution < -0.4 is 0 Å². The van der Waals surface area contributed by atoms with E-state index in [0.717, 1.165) is 17.0 Å². The molecule has 2 heterocycles. The Bertz CT molecular complexity index is 1280. The zero-order valence-corrected chi connectivity index (χ0v) is 19.4. The van der Waals surface area contributed by atoms with Crippen LogP contribution >= 0.6 is 11.6 Å². The van der Waals surface area contributed by atoms with Crippen LogP contribution in [0.2, 0.25) is 10.8 Å². The first-order valence-corrected chi connectivity index (χ1v) is 11.0. The summed E-state index contributed by atoms with van der Waals surface area (Å²) in [6.45, 7) is -0.537. The Balaban J connectivity index is 1.53. The van der Waals surface area contributed by atoms with Gasteiger partial charge in [-0.15, -0.1) is 0 Å². The molecule has 36 heavy (non-hydrogen) atoms. The van der Waals surface area contributed by atoms with E-state index in [-0.39, 0.29) is 23.6 Å². The topological polar surface area (TPSA) is 78.0 Å². The number of imide groups is 1. The third-order valence-electron chi connectivity index (χ3n) is 6.22. The van der Waals surface area contributed by atoms with Gasteiger partial charge in [-0.05, 0) is 35.7 Å². The van der Waals surface area contributed by atoms with Crippen molar-refractivity contribution in [1.82, 2.24) is 14.5 Å². The molecule has 0 aliphatic carbocycles. The molecular weight excluding hydrogens is 487 g/mol. The minimum absolute atomic E-state index is 0.140. The zero-order valence-electron chi connectivity index (χ0n) is 18.7. The number of rotatable bonds is 5. The molecule has 0 saturated carbocycles. The van der Waals surface area contributed by atoms with Gasteiger partial charge in [0.1, 0.15) is 7.85 Å². The quantitative estimate of drug-likeness (QED) is 0.456. The van der Waals surface area contributed by atoms with Crippen molar-refractivity contribution in [2.45, 2.75) is 36.7 Å². The van der Waals surface area contributed by atoms with Gasteiger partial charge < -0.3 is 14.5 Å². The van der Waals surface area contributed by atoms with E-state index < -0.39 is 52.9 Å². The summed E-state index contributed by atoms with van der Waals surface area (Å²) in [6.07, 6.45) is -0.337. The Hall–Kier alpha value is -3.07. The molecule has 2 aromatic rings.